The predicted molar refractivity (Wildman–Crippen MR) is 90.9 cm³/mol. The minimum atomic E-state index is 0.318. The average molecular weight is 300 g/mol. The van der Waals surface area contributed by atoms with Crippen LogP contribution in [-0.2, 0) is 0 Å². The van der Waals surface area contributed by atoms with Gasteiger partial charge in [0.05, 0.1) is 5.69 Å². The molecule has 0 amide bonds. The molecule has 0 atom stereocenters. The minimum Gasteiger partial charge on any atom is -0.212 e. The number of benzene rings is 2. The van der Waals surface area contributed by atoms with Crippen LogP contribution in [0.2, 0.25) is 0 Å². The van der Waals surface area contributed by atoms with Crippen LogP contribution in [0.5, 0.6) is 0 Å². The molecule has 1 heterocycles. The summed E-state index contributed by atoms with van der Waals surface area (Å²) in [6, 6.07) is 18.1. The number of aryl methyl sites for hydroxylation is 1. The van der Waals surface area contributed by atoms with Crippen LogP contribution < -0.4 is 0 Å². The van der Waals surface area contributed by atoms with Crippen LogP contribution in [0, 0.1) is 25.2 Å². The second-order valence-electron chi connectivity index (χ2n) is 5.31. The van der Waals surface area contributed by atoms with Crippen molar-refractivity contribution in [3.05, 3.63) is 76.6 Å². The van der Waals surface area contributed by atoms with Gasteiger partial charge in [-0.2, -0.15) is 5.26 Å². The van der Waals surface area contributed by atoms with Crippen molar-refractivity contribution in [3.63, 3.8) is 0 Å². The monoisotopic (exact) mass is 300 g/mol. The highest BCUT2D eigenvalue weighted by Crippen LogP contribution is 2.21. The highest BCUT2D eigenvalue weighted by Gasteiger charge is 2.13. The first-order valence-electron chi connectivity index (χ1n) is 7.36. The molecular weight excluding hydrogens is 284 g/mol. The largest absolute Gasteiger partial charge is 0.212 e. The Bertz CT molecular complexity index is 899. The number of rotatable bonds is 3. The molecule has 0 unspecified atom stereocenters. The van der Waals surface area contributed by atoms with E-state index in [1.54, 1.807) is 4.68 Å². The maximum Gasteiger partial charge on any atom is 0.190 e. The molecule has 0 saturated carbocycles. The molecule has 0 aliphatic carbocycles. The van der Waals surface area contributed by atoms with Gasteiger partial charge in [0.15, 0.2) is 5.69 Å². The highest BCUT2D eigenvalue weighted by atomic mass is 15.4. The zero-order valence-corrected chi connectivity index (χ0v) is 13.1. The molecule has 0 saturated heterocycles. The van der Waals surface area contributed by atoms with Crippen LogP contribution in [-0.4, -0.2) is 15.0 Å². The predicted octanol–water partition coefficient (Wildman–Crippen LogP) is 3.93. The summed E-state index contributed by atoms with van der Waals surface area (Å²) in [7, 11) is 0. The van der Waals surface area contributed by atoms with Crippen molar-refractivity contribution < 1.29 is 0 Å². The molecule has 2 aromatic carbocycles. The molecule has 3 rings (SSSR count). The Hall–Kier alpha value is -3.19. The Morgan fingerprint density at radius 3 is 2.52 bits per heavy atom. The van der Waals surface area contributed by atoms with Gasteiger partial charge in [-0.3, -0.25) is 0 Å². The lowest BCUT2D eigenvalue weighted by molar-refractivity contribution is 0.792. The van der Waals surface area contributed by atoms with E-state index in [4.69, 9.17) is 0 Å². The Balaban J connectivity index is 2.10. The van der Waals surface area contributed by atoms with Crippen LogP contribution in [0.15, 0.2) is 48.5 Å². The summed E-state index contributed by atoms with van der Waals surface area (Å²) in [5.74, 6) is 0. The molecular formula is C19H16N4. The van der Waals surface area contributed by atoms with Crippen molar-refractivity contribution >= 4 is 12.2 Å². The summed E-state index contributed by atoms with van der Waals surface area (Å²) in [6.45, 7) is 4.10. The van der Waals surface area contributed by atoms with E-state index in [1.165, 1.54) is 5.56 Å². The normalized spacial score (nSPS) is 10.8. The first-order chi connectivity index (χ1) is 11.2. The van der Waals surface area contributed by atoms with Crippen molar-refractivity contribution in [1.82, 2.24) is 15.0 Å². The van der Waals surface area contributed by atoms with Gasteiger partial charge in [-0.15, -0.1) is 5.10 Å². The number of aromatic nitrogens is 3. The molecule has 0 bridgehead atoms. The molecule has 0 aliphatic heterocycles. The van der Waals surface area contributed by atoms with Gasteiger partial charge in [-0.05, 0) is 42.7 Å². The molecule has 23 heavy (non-hydrogen) atoms. The third-order valence-corrected chi connectivity index (χ3v) is 3.85. The number of hydrogen-bond acceptors (Lipinski definition) is 3. The van der Waals surface area contributed by atoms with Gasteiger partial charge < -0.3 is 0 Å². The van der Waals surface area contributed by atoms with Gasteiger partial charge >= 0.3 is 0 Å². The average Bonchev–Trinajstić information content (AvgIpc) is 2.99. The number of nitrogens with zero attached hydrogens (tertiary/aromatic N) is 4. The van der Waals surface area contributed by atoms with Gasteiger partial charge in [-0.1, -0.05) is 53.8 Å². The summed E-state index contributed by atoms with van der Waals surface area (Å²) in [5.41, 5.74) is 5.30. The smallest absolute Gasteiger partial charge is 0.190 e. The maximum absolute atomic E-state index is 9.30. The molecule has 4 heteroatoms. The molecule has 112 valence electrons. The summed E-state index contributed by atoms with van der Waals surface area (Å²) < 4.78 is 1.72. The quantitative estimate of drug-likeness (QED) is 0.736. The molecule has 3 aromatic rings. The van der Waals surface area contributed by atoms with E-state index in [0.717, 1.165) is 16.8 Å². The van der Waals surface area contributed by atoms with E-state index in [1.807, 2.05) is 61.5 Å². The summed E-state index contributed by atoms with van der Waals surface area (Å²) in [6.07, 6.45) is 3.84. The molecule has 0 N–H and O–H groups in total. The first-order valence-corrected chi connectivity index (χ1v) is 7.36. The van der Waals surface area contributed by atoms with Crippen LogP contribution in [0.25, 0.3) is 17.8 Å². The Kier molecular flexibility index (Phi) is 4.03. The fourth-order valence-electron chi connectivity index (χ4n) is 2.40. The van der Waals surface area contributed by atoms with E-state index in [9.17, 15) is 5.26 Å². The van der Waals surface area contributed by atoms with Gasteiger partial charge in [-0.25, -0.2) is 4.68 Å². The third-order valence-electron chi connectivity index (χ3n) is 3.85. The molecule has 4 nitrogen and oxygen atoms in total. The Morgan fingerprint density at radius 2 is 1.78 bits per heavy atom. The van der Waals surface area contributed by atoms with E-state index < -0.39 is 0 Å². The van der Waals surface area contributed by atoms with Gasteiger partial charge in [0.1, 0.15) is 11.8 Å². The topological polar surface area (TPSA) is 54.5 Å². The van der Waals surface area contributed by atoms with E-state index in [-0.39, 0.29) is 0 Å². The fourth-order valence-corrected chi connectivity index (χ4v) is 2.40. The zero-order chi connectivity index (χ0) is 16.2. The Labute approximate surface area is 135 Å². The van der Waals surface area contributed by atoms with E-state index in [2.05, 4.69) is 29.4 Å². The van der Waals surface area contributed by atoms with Crippen molar-refractivity contribution in [2.24, 2.45) is 0 Å². The van der Waals surface area contributed by atoms with Gasteiger partial charge in [0.2, 0.25) is 0 Å². The SMILES string of the molecule is Cc1cccc(-n2nnc(C#N)c2/C=C/c2ccccc2)c1C. The maximum atomic E-state index is 9.30. The first kappa shape index (κ1) is 14.7. The van der Waals surface area contributed by atoms with Crippen molar-refractivity contribution in [1.29, 1.82) is 5.26 Å². The Morgan fingerprint density at radius 1 is 1.00 bits per heavy atom. The summed E-state index contributed by atoms with van der Waals surface area (Å²) >= 11 is 0. The molecule has 0 aliphatic rings. The lowest BCUT2D eigenvalue weighted by atomic mass is 10.1. The second-order valence-corrected chi connectivity index (χ2v) is 5.31. The van der Waals surface area contributed by atoms with E-state index >= 15 is 0 Å². The summed E-state index contributed by atoms with van der Waals surface area (Å²) in [4.78, 5) is 0. The second kappa shape index (κ2) is 6.29. The van der Waals surface area contributed by atoms with Crippen molar-refractivity contribution in [2.45, 2.75) is 13.8 Å². The van der Waals surface area contributed by atoms with Gasteiger partial charge in [0.25, 0.3) is 0 Å². The van der Waals surface area contributed by atoms with Crippen LogP contribution in [0.1, 0.15) is 28.1 Å². The van der Waals surface area contributed by atoms with E-state index in [0.29, 0.717) is 11.4 Å². The third kappa shape index (κ3) is 2.90. The molecule has 0 radical (unpaired) electrons. The van der Waals surface area contributed by atoms with Crippen LogP contribution in [0.3, 0.4) is 0 Å². The number of nitriles is 1. The van der Waals surface area contributed by atoms with Crippen molar-refractivity contribution in [2.75, 3.05) is 0 Å². The highest BCUT2D eigenvalue weighted by molar-refractivity contribution is 5.71. The van der Waals surface area contributed by atoms with Crippen LogP contribution >= 0.6 is 0 Å². The number of hydrogen-bond donors (Lipinski definition) is 0. The lowest BCUT2D eigenvalue weighted by Crippen LogP contribution is -2.03. The minimum absolute atomic E-state index is 0.318. The van der Waals surface area contributed by atoms with Crippen LogP contribution in [0.4, 0.5) is 0 Å². The summed E-state index contributed by atoms with van der Waals surface area (Å²) in [5, 5.41) is 17.5. The molecule has 1 aromatic heterocycles. The molecule has 0 spiro atoms. The standard InChI is InChI=1S/C19H16N4/c1-14-7-6-10-18(15(14)2)23-19(17(13-20)21-22-23)12-11-16-8-4-3-5-9-16/h3-12H,1-2H3/b12-11+. The zero-order valence-electron chi connectivity index (χ0n) is 13.1. The fraction of sp³-hybridized carbons (Fsp3) is 0.105. The van der Waals surface area contributed by atoms with Crippen molar-refractivity contribution in [3.8, 4) is 11.8 Å². The molecule has 0 fully saturated rings. The lowest BCUT2D eigenvalue weighted by Gasteiger charge is -2.09. The van der Waals surface area contributed by atoms with Gasteiger partial charge in [0, 0.05) is 0 Å².